The fourth-order valence-electron chi connectivity index (χ4n) is 1.53. The molecule has 0 radical (unpaired) electrons. The van der Waals surface area contributed by atoms with Crippen LogP contribution in [0.1, 0.15) is 12.0 Å². The molecule has 2 N–H and O–H groups in total. The number of hydrogen-bond donors (Lipinski definition) is 2. The molecule has 1 rings (SSSR count). The molecule has 18 heavy (non-hydrogen) atoms. The second kappa shape index (κ2) is 7.19. The second-order valence-corrected chi connectivity index (χ2v) is 4.65. The van der Waals surface area contributed by atoms with Crippen LogP contribution in [-0.4, -0.2) is 29.8 Å². The van der Waals surface area contributed by atoms with E-state index in [1.807, 2.05) is 6.26 Å². The predicted molar refractivity (Wildman–Crippen MR) is 68.6 cm³/mol. The van der Waals surface area contributed by atoms with E-state index in [1.165, 1.54) is 11.8 Å². The second-order valence-electron chi connectivity index (χ2n) is 3.74. The van der Waals surface area contributed by atoms with Crippen molar-refractivity contribution in [2.75, 3.05) is 23.9 Å². The average molecular weight is 272 g/mol. The molecule has 3 nitrogen and oxygen atoms in total. The van der Waals surface area contributed by atoms with Gasteiger partial charge in [-0.3, -0.25) is 0 Å². The zero-order chi connectivity index (χ0) is 13.5. The first-order valence-corrected chi connectivity index (χ1v) is 6.77. The Bertz CT molecular complexity index is 419. The number of aliphatic hydroxyl groups excluding tert-OH is 1. The summed E-state index contributed by atoms with van der Waals surface area (Å²) in [4.78, 5) is 0. The van der Waals surface area contributed by atoms with Gasteiger partial charge in [0.25, 0.3) is 0 Å². The molecule has 0 saturated heterocycles. The normalized spacial score (nSPS) is 11.9. The quantitative estimate of drug-likeness (QED) is 0.834. The van der Waals surface area contributed by atoms with E-state index in [1.54, 1.807) is 6.07 Å². The first kappa shape index (κ1) is 14.7. The predicted octanol–water partition coefficient (Wildman–Crippen LogP) is 2.36. The van der Waals surface area contributed by atoms with Gasteiger partial charge in [0.1, 0.15) is 5.69 Å². The van der Waals surface area contributed by atoms with E-state index in [4.69, 9.17) is 10.4 Å². The van der Waals surface area contributed by atoms with Gasteiger partial charge in [-0.1, -0.05) is 0 Å². The lowest BCUT2D eigenvalue weighted by atomic mass is 10.1. The van der Waals surface area contributed by atoms with E-state index in [0.29, 0.717) is 12.2 Å². The molecule has 0 fully saturated rings. The van der Waals surface area contributed by atoms with Gasteiger partial charge >= 0.3 is 0 Å². The van der Waals surface area contributed by atoms with Crippen molar-refractivity contribution in [1.82, 2.24) is 0 Å². The van der Waals surface area contributed by atoms with Gasteiger partial charge in [0.15, 0.2) is 11.6 Å². The topological polar surface area (TPSA) is 56.0 Å². The first-order valence-electron chi connectivity index (χ1n) is 5.37. The molecule has 0 saturated carbocycles. The lowest BCUT2D eigenvalue weighted by Crippen LogP contribution is -2.25. The Morgan fingerprint density at radius 1 is 1.44 bits per heavy atom. The van der Waals surface area contributed by atoms with Gasteiger partial charge in [-0.25, -0.2) is 8.78 Å². The minimum absolute atomic E-state index is 0.0564. The maximum absolute atomic E-state index is 13.6. The van der Waals surface area contributed by atoms with Gasteiger partial charge in [-0.05, 0) is 24.8 Å². The van der Waals surface area contributed by atoms with Crippen LogP contribution in [-0.2, 0) is 0 Å². The summed E-state index contributed by atoms with van der Waals surface area (Å²) in [6.07, 6.45) is 2.28. The average Bonchev–Trinajstić information content (AvgIpc) is 2.33. The maximum Gasteiger partial charge on any atom is 0.150 e. The van der Waals surface area contributed by atoms with Crippen molar-refractivity contribution in [2.45, 2.75) is 12.5 Å². The number of nitriles is 1. The lowest BCUT2D eigenvalue weighted by molar-refractivity contribution is 0.282. The summed E-state index contributed by atoms with van der Waals surface area (Å²) >= 11 is 1.52. The monoisotopic (exact) mass is 272 g/mol. The number of nitrogens with zero attached hydrogens (tertiary/aromatic N) is 1. The molecular weight excluding hydrogens is 258 g/mol. The molecule has 0 spiro atoms. The SMILES string of the molecule is CSC[C@H](CCO)Nc1c(F)cc(C#N)cc1F. The van der Waals surface area contributed by atoms with Crippen LogP contribution < -0.4 is 5.32 Å². The highest BCUT2D eigenvalue weighted by molar-refractivity contribution is 7.98. The fourth-order valence-corrected chi connectivity index (χ4v) is 2.19. The van der Waals surface area contributed by atoms with E-state index in [2.05, 4.69) is 5.32 Å². The van der Waals surface area contributed by atoms with Gasteiger partial charge in [0.2, 0.25) is 0 Å². The number of rotatable bonds is 6. The molecular formula is C12H14F2N2OS. The summed E-state index contributed by atoms with van der Waals surface area (Å²) in [6.45, 7) is -0.0578. The van der Waals surface area contributed by atoms with Crippen LogP contribution in [0, 0.1) is 23.0 Å². The van der Waals surface area contributed by atoms with Gasteiger partial charge in [-0.2, -0.15) is 17.0 Å². The van der Waals surface area contributed by atoms with Crippen LogP contribution in [0.25, 0.3) is 0 Å². The summed E-state index contributed by atoms with van der Waals surface area (Å²) in [7, 11) is 0. The van der Waals surface area contributed by atoms with Crippen molar-refractivity contribution >= 4 is 17.4 Å². The third-order valence-electron chi connectivity index (χ3n) is 2.37. The lowest BCUT2D eigenvalue weighted by Gasteiger charge is -2.19. The molecule has 1 atom stereocenters. The van der Waals surface area contributed by atoms with Crippen molar-refractivity contribution in [3.8, 4) is 6.07 Å². The molecule has 0 aromatic heterocycles. The van der Waals surface area contributed by atoms with Crippen molar-refractivity contribution in [1.29, 1.82) is 5.26 Å². The largest absolute Gasteiger partial charge is 0.396 e. The molecule has 1 aromatic carbocycles. The minimum Gasteiger partial charge on any atom is -0.396 e. The van der Waals surface area contributed by atoms with Crippen LogP contribution in [0.3, 0.4) is 0 Å². The first-order chi connectivity index (χ1) is 8.62. The zero-order valence-corrected chi connectivity index (χ0v) is 10.7. The van der Waals surface area contributed by atoms with Gasteiger partial charge < -0.3 is 10.4 Å². The standard InChI is InChI=1S/C12H14F2N2OS/c1-18-7-9(2-3-17)16-12-10(13)4-8(6-15)5-11(12)14/h4-5,9,16-17H,2-3,7H2,1H3/t9-/m0/s1. The molecule has 0 aliphatic carbocycles. The Morgan fingerprint density at radius 3 is 2.50 bits per heavy atom. The Kier molecular flexibility index (Phi) is 5.89. The molecule has 0 aliphatic heterocycles. The molecule has 0 unspecified atom stereocenters. The molecule has 1 aromatic rings. The van der Waals surface area contributed by atoms with Crippen molar-refractivity contribution < 1.29 is 13.9 Å². The number of nitrogens with one attached hydrogen (secondary N) is 1. The Labute approximate surface area is 109 Å². The van der Waals surface area contributed by atoms with Crippen LogP contribution in [0.4, 0.5) is 14.5 Å². The van der Waals surface area contributed by atoms with E-state index >= 15 is 0 Å². The van der Waals surface area contributed by atoms with Crippen LogP contribution >= 0.6 is 11.8 Å². The summed E-state index contributed by atoms with van der Waals surface area (Å²) in [5.74, 6) is -0.967. The molecule has 0 amide bonds. The molecule has 0 bridgehead atoms. The number of hydrogen-bond acceptors (Lipinski definition) is 4. The summed E-state index contributed by atoms with van der Waals surface area (Å²) in [6, 6.07) is 3.44. The highest BCUT2D eigenvalue weighted by Gasteiger charge is 2.15. The van der Waals surface area contributed by atoms with E-state index in [-0.39, 0.29) is 23.9 Å². The highest BCUT2D eigenvalue weighted by atomic mass is 32.2. The zero-order valence-electron chi connectivity index (χ0n) is 9.91. The van der Waals surface area contributed by atoms with E-state index in [9.17, 15) is 8.78 Å². The number of anilines is 1. The van der Waals surface area contributed by atoms with Gasteiger partial charge in [0.05, 0.1) is 11.6 Å². The molecule has 0 aliphatic rings. The van der Waals surface area contributed by atoms with Crippen molar-refractivity contribution in [3.05, 3.63) is 29.3 Å². The third kappa shape index (κ3) is 3.86. The summed E-state index contributed by atoms with van der Waals surface area (Å²) in [5, 5.41) is 20.2. The molecule has 0 heterocycles. The summed E-state index contributed by atoms with van der Waals surface area (Å²) < 4.78 is 27.2. The molecule has 98 valence electrons. The fraction of sp³-hybridized carbons (Fsp3) is 0.417. The van der Waals surface area contributed by atoms with Gasteiger partial charge in [0, 0.05) is 18.4 Å². The Balaban J connectivity index is 2.92. The number of thioether (sulfide) groups is 1. The van der Waals surface area contributed by atoms with Crippen LogP contribution in [0.15, 0.2) is 12.1 Å². The summed E-state index contributed by atoms with van der Waals surface area (Å²) in [5.41, 5.74) is -0.305. The Hall–Kier alpha value is -1.32. The third-order valence-corrected chi connectivity index (χ3v) is 3.10. The maximum atomic E-state index is 13.6. The van der Waals surface area contributed by atoms with Crippen LogP contribution in [0.2, 0.25) is 0 Å². The Morgan fingerprint density at radius 2 is 2.06 bits per heavy atom. The number of benzene rings is 1. The highest BCUT2D eigenvalue weighted by Crippen LogP contribution is 2.22. The number of aliphatic hydroxyl groups is 1. The van der Waals surface area contributed by atoms with Crippen LogP contribution in [0.5, 0.6) is 0 Å². The number of halogens is 2. The molecule has 6 heteroatoms. The van der Waals surface area contributed by atoms with Gasteiger partial charge in [-0.15, -0.1) is 0 Å². The smallest absolute Gasteiger partial charge is 0.150 e. The van der Waals surface area contributed by atoms with E-state index in [0.717, 1.165) is 12.1 Å². The minimum atomic E-state index is -0.796. The van der Waals surface area contributed by atoms with E-state index < -0.39 is 11.6 Å². The van der Waals surface area contributed by atoms with Crippen molar-refractivity contribution in [2.24, 2.45) is 0 Å². The van der Waals surface area contributed by atoms with Crippen molar-refractivity contribution in [3.63, 3.8) is 0 Å².